The normalized spacial score (nSPS) is 11.2. The van der Waals surface area contributed by atoms with Gasteiger partial charge in [-0.3, -0.25) is 9.59 Å². The molecular formula is C34H31ClN4O4. The van der Waals surface area contributed by atoms with Crippen LogP contribution >= 0.6 is 11.6 Å². The van der Waals surface area contributed by atoms with Crippen molar-refractivity contribution in [2.45, 2.75) is 13.8 Å². The number of hydrazone groups is 1. The van der Waals surface area contributed by atoms with E-state index in [9.17, 15) is 14.4 Å². The molecular weight excluding hydrogens is 564 g/mol. The van der Waals surface area contributed by atoms with Gasteiger partial charge in [0.25, 0.3) is 11.8 Å². The van der Waals surface area contributed by atoms with E-state index in [1.54, 1.807) is 78.9 Å². The zero-order valence-electron chi connectivity index (χ0n) is 23.8. The summed E-state index contributed by atoms with van der Waals surface area (Å²) < 4.78 is 5.39. The number of hydrogen-bond acceptors (Lipinski definition) is 6. The number of benzene rings is 4. The summed E-state index contributed by atoms with van der Waals surface area (Å²) in [5.41, 5.74) is 5.62. The molecule has 218 valence electrons. The first-order chi connectivity index (χ1) is 20.9. The summed E-state index contributed by atoms with van der Waals surface area (Å²) in [6.45, 7) is 5.93. The number of hydrogen-bond donors (Lipinski definition) is 2. The van der Waals surface area contributed by atoms with Gasteiger partial charge in [0.2, 0.25) is 0 Å². The van der Waals surface area contributed by atoms with Crippen LogP contribution < -0.4 is 20.4 Å². The summed E-state index contributed by atoms with van der Waals surface area (Å²) in [5.74, 6) is -1.27. The topological polar surface area (TPSA) is 100 Å². The van der Waals surface area contributed by atoms with Gasteiger partial charge in [0, 0.05) is 24.3 Å². The standard InChI is InChI=1S/C34H31ClN4O4/c1-3-39(4-2)27-18-14-24(15-19-27)22-31(37-32(40)26-10-6-5-7-11-26)33(41)38-36-23-25-16-20-28(21-17-25)43-34(42)29-12-8-9-13-30(29)35/h5-23H,3-4H2,1-2H3,(H,37,40)(H,38,41)/b31-22+,36-23-. The first-order valence-electron chi connectivity index (χ1n) is 13.7. The number of anilines is 1. The lowest BCUT2D eigenvalue weighted by Crippen LogP contribution is -2.32. The van der Waals surface area contributed by atoms with Crippen molar-refractivity contribution in [3.05, 3.63) is 136 Å². The zero-order chi connectivity index (χ0) is 30.6. The largest absolute Gasteiger partial charge is 0.423 e. The molecule has 4 aromatic rings. The average molecular weight is 595 g/mol. The van der Waals surface area contributed by atoms with Crippen LogP contribution in [-0.4, -0.2) is 37.1 Å². The lowest BCUT2D eigenvalue weighted by molar-refractivity contribution is -0.117. The SMILES string of the molecule is CCN(CC)c1ccc(/C=C(/NC(=O)c2ccccc2)C(=O)N/N=C\c2ccc(OC(=O)c3ccccc3Cl)cc2)cc1. The molecule has 0 heterocycles. The van der Waals surface area contributed by atoms with Crippen molar-refractivity contribution in [3.8, 4) is 5.75 Å². The summed E-state index contributed by atoms with van der Waals surface area (Å²) in [6.07, 6.45) is 3.03. The van der Waals surface area contributed by atoms with Crippen LogP contribution in [0.4, 0.5) is 5.69 Å². The Balaban J connectivity index is 1.45. The van der Waals surface area contributed by atoms with E-state index < -0.39 is 17.8 Å². The number of nitrogens with zero attached hydrogens (tertiary/aromatic N) is 2. The van der Waals surface area contributed by atoms with E-state index in [0.717, 1.165) is 24.3 Å². The average Bonchev–Trinajstić information content (AvgIpc) is 3.03. The molecule has 43 heavy (non-hydrogen) atoms. The molecule has 0 aliphatic rings. The molecule has 0 atom stereocenters. The highest BCUT2D eigenvalue weighted by Gasteiger charge is 2.15. The van der Waals surface area contributed by atoms with Crippen molar-refractivity contribution in [2.75, 3.05) is 18.0 Å². The Morgan fingerprint density at radius 3 is 2.09 bits per heavy atom. The number of carbonyl (C=O) groups is 3. The molecule has 0 aliphatic heterocycles. The van der Waals surface area contributed by atoms with Crippen molar-refractivity contribution in [2.24, 2.45) is 5.10 Å². The summed E-state index contributed by atoms with van der Waals surface area (Å²) in [5, 5.41) is 7.05. The number of amides is 2. The fraction of sp³-hybridized carbons (Fsp3) is 0.118. The Labute approximate surface area is 255 Å². The van der Waals surface area contributed by atoms with E-state index in [-0.39, 0.29) is 11.3 Å². The highest BCUT2D eigenvalue weighted by molar-refractivity contribution is 6.33. The third-order valence-corrected chi connectivity index (χ3v) is 6.76. The van der Waals surface area contributed by atoms with Gasteiger partial charge in [-0.05, 0) is 91.7 Å². The Hall–Kier alpha value is -5.21. The van der Waals surface area contributed by atoms with Gasteiger partial charge in [0.1, 0.15) is 11.4 Å². The van der Waals surface area contributed by atoms with Gasteiger partial charge in [0.05, 0.1) is 16.8 Å². The molecule has 0 unspecified atom stereocenters. The summed E-state index contributed by atoms with van der Waals surface area (Å²) in [7, 11) is 0. The third kappa shape index (κ3) is 8.64. The lowest BCUT2D eigenvalue weighted by Gasteiger charge is -2.20. The second-order valence-corrected chi connectivity index (χ2v) is 9.69. The molecule has 2 N–H and O–H groups in total. The predicted octanol–water partition coefficient (Wildman–Crippen LogP) is 6.33. The molecule has 0 aliphatic carbocycles. The van der Waals surface area contributed by atoms with Gasteiger partial charge in [-0.2, -0.15) is 5.10 Å². The summed E-state index contributed by atoms with van der Waals surface area (Å²) >= 11 is 6.07. The Kier molecular flexibility index (Phi) is 10.8. The second-order valence-electron chi connectivity index (χ2n) is 9.28. The van der Waals surface area contributed by atoms with Crippen LogP contribution in [-0.2, 0) is 4.79 Å². The molecule has 9 heteroatoms. The van der Waals surface area contributed by atoms with Crippen molar-refractivity contribution in [1.29, 1.82) is 0 Å². The molecule has 0 spiro atoms. The van der Waals surface area contributed by atoms with Crippen LogP contribution in [0.2, 0.25) is 5.02 Å². The van der Waals surface area contributed by atoms with Crippen molar-refractivity contribution in [1.82, 2.24) is 10.7 Å². The third-order valence-electron chi connectivity index (χ3n) is 6.43. The maximum Gasteiger partial charge on any atom is 0.345 e. The zero-order valence-corrected chi connectivity index (χ0v) is 24.5. The van der Waals surface area contributed by atoms with Gasteiger partial charge in [-0.1, -0.05) is 54.1 Å². The minimum Gasteiger partial charge on any atom is -0.423 e. The molecule has 0 saturated heterocycles. The maximum absolute atomic E-state index is 13.1. The maximum atomic E-state index is 13.1. The first kappa shape index (κ1) is 30.7. The highest BCUT2D eigenvalue weighted by Crippen LogP contribution is 2.19. The van der Waals surface area contributed by atoms with Crippen molar-refractivity contribution < 1.29 is 19.1 Å². The first-order valence-corrected chi connectivity index (χ1v) is 14.1. The van der Waals surface area contributed by atoms with E-state index in [2.05, 4.69) is 34.6 Å². The van der Waals surface area contributed by atoms with Crippen LogP contribution in [0.25, 0.3) is 6.08 Å². The molecule has 4 aromatic carbocycles. The van der Waals surface area contributed by atoms with E-state index in [4.69, 9.17) is 16.3 Å². The summed E-state index contributed by atoms with van der Waals surface area (Å²) in [4.78, 5) is 40.6. The second kappa shape index (κ2) is 15.1. The number of nitrogens with one attached hydrogen (secondary N) is 2. The summed E-state index contributed by atoms with van der Waals surface area (Å²) in [6, 6.07) is 29.5. The van der Waals surface area contributed by atoms with E-state index in [1.165, 1.54) is 6.21 Å². The Bertz CT molecular complexity index is 1610. The Morgan fingerprint density at radius 1 is 0.814 bits per heavy atom. The van der Waals surface area contributed by atoms with Crippen molar-refractivity contribution >= 4 is 47.4 Å². The fourth-order valence-electron chi connectivity index (χ4n) is 4.12. The minimum absolute atomic E-state index is 0.0309. The molecule has 0 bridgehead atoms. The quantitative estimate of drug-likeness (QED) is 0.0695. The van der Waals surface area contributed by atoms with Gasteiger partial charge in [-0.15, -0.1) is 0 Å². The molecule has 0 fully saturated rings. The van der Waals surface area contributed by atoms with E-state index in [0.29, 0.717) is 21.9 Å². The molecule has 2 amide bonds. The lowest BCUT2D eigenvalue weighted by atomic mass is 10.1. The van der Waals surface area contributed by atoms with Gasteiger partial charge < -0.3 is 15.0 Å². The molecule has 4 rings (SSSR count). The number of esters is 1. The number of halogens is 1. The van der Waals surface area contributed by atoms with Crippen LogP contribution in [0.5, 0.6) is 5.75 Å². The van der Waals surface area contributed by atoms with E-state index in [1.807, 2.05) is 30.3 Å². The van der Waals surface area contributed by atoms with Gasteiger partial charge in [-0.25, -0.2) is 10.2 Å². The van der Waals surface area contributed by atoms with Gasteiger partial charge in [0.15, 0.2) is 0 Å². The smallest absolute Gasteiger partial charge is 0.345 e. The van der Waals surface area contributed by atoms with Crippen LogP contribution in [0.1, 0.15) is 45.7 Å². The number of ether oxygens (including phenoxy) is 1. The molecule has 0 saturated carbocycles. The number of rotatable bonds is 11. The van der Waals surface area contributed by atoms with E-state index >= 15 is 0 Å². The predicted molar refractivity (Wildman–Crippen MR) is 170 cm³/mol. The molecule has 0 aromatic heterocycles. The minimum atomic E-state index is -0.598. The highest BCUT2D eigenvalue weighted by atomic mass is 35.5. The van der Waals surface area contributed by atoms with Crippen molar-refractivity contribution in [3.63, 3.8) is 0 Å². The monoisotopic (exact) mass is 594 g/mol. The molecule has 8 nitrogen and oxygen atoms in total. The van der Waals surface area contributed by atoms with Crippen LogP contribution in [0.15, 0.2) is 114 Å². The van der Waals surface area contributed by atoms with Crippen LogP contribution in [0, 0.1) is 0 Å². The fourth-order valence-corrected chi connectivity index (χ4v) is 4.33. The number of carbonyl (C=O) groups excluding carboxylic acids is 3. The Morgan fingerprint density at radius 2 is 1.44 bits per heavy atom. The molecule has 0 radical (unpaired) electrons. The van der Waals surface area contributed by atoms with Crippen LogP contribution in [0.3, 0.4) is 0 Å². The van der Waals surface area contributed by atoms with Gasteiger partial charge >= 0.3 is 5.97 Å².